The highest BCUT2D eigenvalue weighted by atomic mass is 32.2. The van der Waals surface area contributed by atoms with Crippen LogP contribution in [0.25, 0.3) is 0 Å². The number of hydrogen-bond donors (Lipinski definition) is 2. The zero-order valence-electron chi connectivity index (χ0n) is 19.5. The molecule has 176 valence electrons. The smallest absolute Gasteiger partial charge is 0.318 e. The van der Waals surface area contributed by atoms with Crippen molar-refractivity contribution in [2.45, 2.75) is 45.2 Å². The molecule has 2 aromatic rings. The van der Waals surface area contributed by atoms with Crippen LogP contribution in [0, 0.1) is 19.8 Å². The average molecular weight is 469 g/mol. The second-order valence-corrected chi connectivity index (χ2v) is 10.2. The molecule has 3 atom stereocenters. The van der Waals surface area contributed by atoms with E-state index in [4.69, 9.17) is 0 Å². The number of aromatic nitrogens is 1. The number of likely N-dealkylation sites (tertiary alicyclic amines) is 1. The van der Waals surface area contributed by atoms with Gasteiger partial charge in [0.15, 0.2) is 0 Å². The minimum absolute atomic E-state index is 0.0280. The summed E-state index contributed by atoms with van der Waals surface area (Å²) in [6.45, 7) is 5.83. The highest BCUT2D eigenvalue weighted by molar-refractivity contribution is 7.98. The first-order valence-electron chi connectivity index (χ1n) is 11.5. The topological polar surface area (TPSA) is 83.4 Å². The van der Waals surface area contributed by atoms with Crippen LogP contribution in [0.2, 0.25) is 0 Å². The molecule has 2 aliphatic rings. The Morgan fingerprint density at radius 3 is 2.70 bits per heavy atom. The molecule has 8 heteroatoms. The van der Waals surface area contributed by atoms with Gasteiger partial charge in [0.05, 0.1) is 0 Å². The van der Waals surface area contributed by atoms with Crippen molar-refractivity contribution >= 4 is 29.4 Å². The molecule has 33 heavy (non-hydrogen) atoms. The van der Waals surface area contributed by atoms with Crippen LogP contribution < -0.4 is 16.2 Å². The third-order valence-corrected chi connectivity index (χ3v) is 7.41. The summed E-state index contributed by atoms with van der Waals surface area (Å²) >= 11 is 1.65. The first kappa shape index (κ1) is 23.4. The Balaban J connectivity index is 1.44. The SMILES string of the molecule is CSCC[C@H](NC(=O)N1CC2CC(C1)c1cccc(=O)n1C2)C(=O)Nc1ccc(C)c(C)c1. The molecule has 0 aliphatic carbocycles. The molecule has 1 aromatic carbocycles. The molecule has 2 N–H and O–H groups in total. The lowest BCUT2D eigenvalue weighted by Crippen LogP contribution is -2.55. The van der Waals surface area contributed by atoms with E-state index in [0.29, 0.717) is 26.1 Å². The summed E-state index contributed by atoms with van der Waals surface area (Å²) in [5.74, 6) is 0.962. The molecule has 1 aromatic heterocycles. The van der Waals surface area contributed by atoms with Crippen molar-refractivity contribution in [3.05, 3.63) is 63.6 Å². The Morgan fingerprint density at radius 1 is 1.12 bits per heavy atom. The molecule has 3 heterocycles. The summed E-state index contributed by atoms with van der Waals surface area (Å²) in [6.07, 6.45) is 3.53. The van der Waals surface area contributed by atoms with Crippen molar-refractivity contribution in [3.8, 4) is 0 Å². The van der Waals surface area contributed by atoms with Gasteiger partial charge in [0.2, 0.25) is 5.91 Å². The maximum Gasteiger partial charge on any atom is 0.318 e. The van der Waals surface area contributed by atoms with Gasteiger partial charge in [0, 0.05) is 43.0 Å². The molecule has 2 bridgehead atoms. The molecule has 4 rings (SSSR count). The van der Waals surface area contributed by atoms with Crippen molar-refractivity contribution in [1.29, 1.82) is 0 Å². The number of nitrogens with one attached hydrogen (secondary N) is 2. The Morgan fingerprint density at radius 2 is 1.94 bits per heavy atom. The molecule has 7 nitrogen and oxygen atoms in total. The Bertz CT molecular complexity index is 1100. The fourth-order valence-electron chi connectivity index (χ4n) is 4.86. The number of hydrogen-bond acceptors (Lipinski definition) is 4. The zero-order valence-corrected chi connectivity index (χ0v) is 20.3. The van der Waals surface area contributed by atoms with Crippen molar-refractivity contribution in [1.82, 2.24) is 14.8 Å². The number of amides is 3. The highest BCUT2D eigenvalue weighted by Crippen LogP contribution is 2.34. The number of aryl methyl sites for hydroxylation is 2. The number of benzene rings is 1. The summed E-state index contributed by atoms with van der Waals surface area (Å²) in [4.78, 5) is 40.3. The summed E-state index contributed by atoms with van der Waals surface area (Å²) in [6, 6.07) is 10.4. The number of rotatable bonds is 6. The van der Waals surface area contributed by atoms with E-state index in [1.807, 2.05) is 53.8 Å². The van der Waals surface area contributed by atoms with Gasteiger partial charge in [-0.05, 0) is 73.9 Å². The lowest BCUT2D eigenvalue weighted by atomic mass is 9.83. The maximum atomic E-state index is 13.2. The molecular formula is C25H32N4O3S. The van der Waals surface area contributed by atoms with Gasteiger partial charge in [-0.2, -0.15) is 11.8 Å². The average Bonchev–Trinajstić information content (AvgIpc) is 2.79. The fraction of sp³-hybridized carbons (Fsp3) is 0.480. The number of anilines is 1. The number of carbonyl (C=O) groups excluding carboxylic acids is 2. The van der Waals surface area contributed by atoms with Crippen molar-refractivity contribution in [2.75, 3.05) is 30.4 Å². The second kappa shape index (κ2) is 10.0. The Hall–Kier alpha value is -2.74. The van der Waals surface area contributed by atoms with E-state index >= 15 is 0 Å². The van der Waals surface area contributed by atoms with Crippen LogP contribution in [0.1, 0.15) is 35.6 Å². The van der Waals surface area contributed by atoms with Crippen molar-refractivity contribution in [2.24, 2.45) is 5.92 Å². The van der Waals surface area contributed by atoms with E-state index in [0.717, 1.165) is 29.1 Å². The Kier molecular flexibility index (Phi) is 7.12. The second-order valence-electron chi connectivity index (χ2n) is 9.17. The van der Waals surface area contributed by atoms with E-state index in [2.05, 4.69) is 10.6 Å². The van der Waals surface area contributed by atoms with E-state index in [1.54, 1.807) is 23.9 Å². The van der Waals surface area contributed by atoms with Crippen LogP contribution >= 0.6 is 11.8 Å². The van der Waals surface area contributed by atoms with Gasteiger partial charge in [-0.1, -0.05) is 12.1 Å². The standard InChI is InChI=1S/C25H32N4O3S/c1-16-7-8-20(11-17(16)2)26-24(31)21(9-10-33-3)27-25(32)28-13-18-12-19(15-28)22-5-4-6-23(30)29(22)14-18/h4-8,11,18-19,21H,9-10,12-15H2,1-3H3,(H,26,31)(H,27,32)/t18?,19?,21-/m0/s1. The van der Waals surface area contributed by atoms with Gasteiger partial charge in [0.1, 0.15) is 6.04 Å². The first-order valence-corrected chi connectivity index (χ1v) is 12.9. The first-order chi connectivity index (χ1) is 15.9. The Labute approximate surface area is 198 Å². The monoisotopic (exact) mass is 468 g/mol. The lowest BCUT2D eigenvalue weighted by molar-refractivity contribution is -0.118. The van der Waals surface area contributed by atoms with Crippen LogP contribution in [0.3, 0.4) is 0 Å². The van der Waals surface area contributed by atoms with Gasteiger partial charge in [0.25, 0.3) is 5.56 Å². The van der Waals surface area contributed by atoms with Crippen molar-refractivity contribution in [3.63, 3.8) is 0 Å². The third-order valence-electron chi connectivity index (χ3n) is 6.77. The zero-order chi connectivity index (χ0) is 23.5. The maximum absolute atomic E-state index is 13.2. The predicted molar refractivity (Wildman–Crippen MR) is 133 cm³/mol. The minimum Gasteiger partial charge on any atom is -0.326 e. The van der Waals surface area contributed by atoms with Crippen LogP contribution in [0.5, 0.6) is 0 Å². The number of pyridine rings is 1. The summed E-state index contributed by atoms with van der Waals surface area (Å²) in [5.41, 5.74) is 4.04. The van der Waals surface area contributed by atoms with Gasteiger partial charge < -0.3 is 20.1 Å². The van der Waals surface area contributed by atoms with E-state index in [9.17, 15) is 14.4 Å². The molecule has 0 saturated carbocycles. The number of fused-ring (bicyclic) bond motifs is 4. The number of urea groups is 1. The van der Waals surface area contributed by atoms with Gasteiger partial charge in [-0.15, -0.1) is 0 Å². The summed E-state index contributed by atoms with van der Waals surface area (Å²) in [5, 5.41) is 5.95. The van der Waals surface area contributed by atoms with Crippen LogP contribution in [0.15, 0.2) is 41.2 Å². The van der Waals surface area contributed by atoms with Crippen molar-refractivity contribution < 1.29 is 9.59 Å². The van der Waals surface area contributed by atoms with E-state index < -0.39 is 6.04 Å². The summed E-state index contributed by atoms with van der Waals surface area (Å²) in [7, 11) is 0. The molecule has 1 fully saturated rings. The molecule has 0 spiro atoms. The molecule has 3 amide bonds. The molecular weight excluding hydrogens is 436 g/mol. The number of nitrogens with zero attached hydrogens (tertiary/aromatic N) is 2. The van der Waals surface area contributed by atoms with Crippen LogP contribution in [-0.2, 0) is 11.3 Å². The molecule has 2 unspecified atom stereocenters. The van der Waals surface area contributed by atoms with Crippen LogP contribution in [-0.4, -0.2) is 52.5 Å². The molecule has 2 aliphatic heterocycles. The predicted octanol–water partition coefficient (Wildman–Crippen LogP) is 3.35. The van der Waals surface area contributed by atoms with Gasteiger partial charge >= 0.3 is 6.03 Å². The number of carbonyl (C=O) groups is 2. The lowest BCUT2D eigenvalue weighted by Gasteiger charge is -2.43. The largest absolute Gasteiger partial charge is 0.326 e. The third kappa shape index (κ3) is 5.27. The number of thioether (sulfide) groups is 1. The molecule has 1 saturated heterocycles. The normalized spacial score (nSPS) is 20.0. The molecule has 0 radical (unpaired) electrons. The minimum atomic E-state index is -0.608. The van der Waals surface area contributed by atoms with E-state index in [1.165, 1.54) is 5.56 Å². The van der Waals surface area contributed by atoms with E-state index in [-0.39, 0.29) is 29.3 Å². The van der Waals surface area contributed by atoms with Crippen LogP contribution in [0.4, 0.5) is 10.5 Å². The fourth-order valence-corrected chi connectivity index (χ4v) is 5.33. The quantitative estimate of drug-likeness (QED) is 0.681. The van der Waals surface area contributed by atoms with Gasteiger partial charge in [-0.25, -0.2) is 4.79 Å². The van der Waals surface area contributed by atoms with Gasteiger partial charge in [-0.3, -0.25) is 9.59 Å². The summed E-state index contributed by atoms with van der Waals surface area (Å²) < 4.78 is 1.85. The highest BCUT2D eigenvalue weighted by Gasteiger charge is 2.37. The number of piperidine rings is 1.